The lowest BCUT2D eigenvalue weighted by atomic mass is 9.98. The molecular formula is C28H28N2O6. The van der Waals surface area contributed by atoms with Crippen LogP contribution in [0.15, 0.2) is 78.9 Å². The number of amides is 2. The van der Waals surface area contributed by atoms with Crippen molar-refractivity contribution in [2.45, 2.75) is 31.6 Å². The van der Waals surface area contributed by atoms with Crippen LogP contribution in [0.25, 0.3) is 11.1 Å². The van der Waals surface area contributed by atoms with Crippen molar-refractivity contribution < 1.29 is 29.0 Å². The standard InChI is InChI=1S/C28H28N2O6/c1-18(35-16-19-9-3-2-4-10-19)26(27(33)29-15-25(31)32)30-28(34)36-17-24-22-13-7-5-11-20(22)21-12-6-8-14-23(21)24/h2-14,18,24,26H,15-17H2,1H3,(H,29,33)(H,30,34)(H,31,32)/t18-,26+/m0/s1. The van der Waals surface area contributed by atoms with Crippen LogP contribution in [0.4, 0.5) is 4.79 Å². The fourth-order valence-electron chi connectivity index (χ4n) is 4.33. The van der Waals surface area contributed by atoms with Gasteiger partial charge in [-0.2, -0.15) is 0 Å². The summed E-state index contributed by atoms with van der Waals surface area (Å²) >= 11 is 0. The molecule has 0 aromatic heterocycles. The van der Waals surface area contributed by atoms with Gasteiger partial charge < -0.3 is 25.2 Å². The van der Waals surface area contributed by atoms with Gasteiger partial charge in [-0.1, -0.05) is 78.9 Å². The van der Waals surface area contributed by atoms with E-state index in [0.29, 0.717) is 0 Å². The van der Waals surface area contributed by atoms with E-state index in [0.717, 1.165) is 27.8 Å². The number of nitrogens with one attached hydrogen (secondary N) is 2. The van der Waals surface area contributed by atoms with Crippen molar-refractivity contribution in [3.8, 4) is 11.1 Å². The highest BCUT2D eigenvalue weighted by Gasteiger charge is 2.31. The molecule has 4 rings (SSSR count). The number of rotatable bonds is 10. The van der Waals surface area contributed by atoms with Gasteiger partial charge in [-0.05, 0) is 34.7 Å². The zero-order chi connectivity index (χ0) is 25.5. The van der Waals surface area contributed by atoms with Crippen LogP contribution in [0.2, 0.25) is 0 Å². The van der Waals surface area contributed by atoms with E-state index in [9.17, 15) is 14.4 Å². The molecule has 3 aromatic carbocycles. The molecule has 0 unspecified atom stereocenters. The van der Waals surface area contributed by atoms with E-state index in [2.05, 4.69) is 10.6 Å². The molecule has 8 heteroatoms. The second kappa shape index (κ2) is 11.5. The minimum atomic E-state index is -1.19. The maximum absolute atomic E-state index is 12.8. The van der Waals surface area contributed by atoms with Gasteiger partial charge in [0.1, 0.15) is 19.2 Å². The lowest BCUT2D eigenvalue weighted by molar-refractivity contribution is -0.139. The highest BCUT2D eigenvalue weighted by molar-refractivity contribution is 5.88. The van der Waals surface area contributed by atoms with Crippen molar-refractivity contribution in [2.24, 2.45) is 0 Å². The first kappa shape index (κ1) is 24.9. The average molecular weight is 489 g/mol. The number of carboxylic acid groups (broad SMARTS) is 1. The Morgan fingerprint density at radius 2 is 1.47 bits per heavy atom. The first-order chi connectivity index (χ1) is 17.4. The van der Waals surface area contributed by atoms with Crippen LogP contribution in [0.3, 0.4) is 0 Å². The van der Waals surface area contributed by atoms with E-state index in [1.165, 1.54) is 0 Å². The maximum atomic E-state index is 12.8. The molecule has 0 spiro atoms. The Morgan fingerprint density at radius 3 is 2.08 bits per heavy atom. The SMILES string of the molecule is C[C@H](OCc1ccccc1)[C@@H](NC(=O)OCC1c2ccccc2-c2ccccc21)C(=O)NCC(=O)O. The predicted octanol–water partition coefficient (Wildman–Crippen LogP) is 3.70. The molecule has 2 atom stereocenters. The van der Waals surface area contributed by atoms with Crippen molar-refractivity contribution in [1.82, 2.24) is 10.6 Å². The molecule has 8 nitrogen and oxygen atoms in total. The summed E-state index contributed by atoms with van der Waals surface area (Å²) < 4.78 is 11.4. The molecule has 1 aliphatic rings. The Balaban J connectivity index is 1.42. The van der Waals surface area contributed by atoms with Crippen molar-refractivity contribution >= 4 is 18.0 Å². The van der Waals surface area contributed by atoms with E-state index < -0.39 is 36.7 Å². The van der Waals surface area contributed by atoms with Crippen LogP contribution >= 0.6 is 0 Å². The maximum Gasteiger partial charge on any atom is 0.407 e. The van der Waals surface area contributed by atoms with E-state index >= 15 is 0 Å². The molecule has 3 N–H and O–H groups in total. The fraction of sp³-hybridized carbons (Fsp3) is 0.250. The normalized spacial score (nSPS) is 13.7. The van der Waals surface area contributed by atoms with Gasteiger partial charge in [-0.25, -0.2) is 4.79 Å². The van der Waals surface area contributed by atoms with Gasteiger partial charge in [0.05, 0.1) is 12.7 Å². The summed E-state index contributed by atoms with van der Waals surface area (Å²) in [5, 5.41) is 13.8. The molecule has 2 amide bonds. The monoisotopic (exact) mass is 488 g/mol. The summed E-state index contributed by atoms with van der Waals surface area (Å²) in [5.74, 6) is -2.00. The molecule has 186 valence electrons. The van der Waals surface area contributed by atoms with Crippen molar-refractivity contribution in [1.29, 1.82) is 0 Å². The number of hydrogen-bond donors (Lipinski definition) is 3. The highest BCUT2D eigenvalue weighted by atomic mass is 16.5. The molecule has 0 bridgehead atoms. The first-order valence-electron chi connectivity index (χ1n) is 11.7. The Bertz CT molecular complexity index is 1180. The quantitative estimate of drug-likeness (QED) is 0.401. The minimum Gasteiger partial charge on any atom is -0.480 e. The summed E-state index contributed by atoms with van der Waals surface area (Å²) in [6.07, 6.45) is -1.54. The second-order valence-corrected chi connectivity index (χ2v) is 8.56. The Kier molecular flexibility index (Phi) is 7.97. The van der Waals surface area contributed by atoms with Crippen LogP contribution in [0.1, 0.15) is 29.5 Å². The zero-order valence-corrected chi connectivity index (χ0v) is 19.8. The third-order valence-electron chi connectivity index (χ3n) is 6.14. The predicted molar refractivity (Wildman–Crippen MR) is 133 cm³/mol. The van der Waals surface area contributed by atoms with Crippen LogP contribution in [0.5, 0.6) is 0 Å². The molecular weight excluding hydrogens is 460 g/mol. The van der Waals surface area contributed by atoms with E-state index in [1.807, 2.05) is 78.9 Å². The third kappa shape index (κ3) is 5.90. The van der Waals surface area contributed by atoms with Crippen molar-refractivity contribution in [2.75, 3.05) is 13.2 Å². The number of fused-ring (bicyclic) bond motifs is 3. The lowest BCUT2D eigenvalue weighted by Crippen LogP contribution is -2.54. The van der Waals surface area contributed by atoms with Gasteiger partial charge in [0, 0.05) is 5.92 Å². The van der Waals surface area contributed by atoms with Crippen molar-refractivity contribution in [3.63, 3.8) is 0 Å². The number of aliphatic carboxylic acids is 1. The number of ether oxygens (including phenoxy) is 2. The Labute approximate surface area is 209 Å². The number of carbonyl (C=O) groups is 3. The minimum absolute atomic E-state index is 0.0859. The van der Waals surface area contributed by atoms with Gasteiger partial charge in [-0.15, -0.1) is 0 Å². The van der Waals surface area contributed by atoms with Crippen LogP contribution in [-0.4, -0.2) is 48.4 Å². The number of hydrogen-bond acceptors (Lipinski definition) is 5. The van der Waals surface area contributed by atoms with Gasteiger partial charge in [0.2, 0.25) is 5.91 Å². The largest absolute Gasteiger partial charge is 0.480 e. The molecule has 36 heavy (non-hydrogen) atoms. The number of carboxylic acids is 1. The van der Waals surface area contributed by atoms with Crippen LogP contribution in [-0.2, 0) is 25.7 Å². The van der Waals surface area contributed by atoms with Gasteiger partial charge in [0.25, 0.3) is 0 Å². The molecule has 0 saturated carbocycles. The molecule has 0 fully saturated rings. The first-order valence-corrected chi connectivity index (χ1v) is 11.7. The second-order valence-electron chi connectivity index (χ2n) is 8.56. The topological polar surface area (TPSA) is 114 Å². The van der Waals surface area contributed by atoms with E-state index in [4.69, 9.17) is 14.6 Å². The van der Waals surface area contributed by atoms with Gasteiger partial charge in [-0.3, -0.25) is 9.59 Å². The smallest absolute Gasteiger partial charge is 0.407 e. The number of carbonyl (C=O) groups excluding carboxylic acids is 2. The number of benzene rings is 3. The summed E-state index contributed by atoms with van der Waals surface area (Å²) in [6.45, 7) is 1.37. The van der Waals surface area contributed by atoms with Crippen LogP contribution < -0.4 is 10.6 Å². The van der Waals surface area contributed by atoms with Gasteiger partial charge in [0.15, 0.2) is 0 Å². The molecule has 1 aliphatic carbocycles. The molecule has 0 aliphatic heterocycles. The summed E-state index contributed by atoms with van der Waals surface area (Å²) in [7, 11) is 0. The molecule has 0 heterocycles. The van der Waals surface area contributed by atoms with E-state index in [1.54, 1.807) is 6.92 Å². The molecule has 0 radical (unpaired) electrons. The summed E-state index contributed by atoms with van der Waals surface area (Å²) in [4.78, 5) is 36.4. The van der Waals surface area contributed by atoms with Crippen LogP contribution in [0, 0.1) is 0 Å². The molecule has 3 aromatic rings. The summed E-state index contributed by atoms with van der Waals surface area (Å²) in [5.41, 5.74) is 5.26. The average Bonchev–Trinajstić information content (AvgIpc) is 3.22. The lowest BCUT2D eigenvalue weighted by Gasteiger charge is -2.24. The van der Waals surface area contributed by atoms with Gasteiger partial charge >= 0.3 is 12.1 Å². The Morgan fingerprint density at radius 1 is 0.889 bits per heavy atom. The third-order valence-corrected chi connectivity index (χ3v) is 6.14. The summed E-state index contributed by atoms with van der Waals surface area (Å²) in [6, 6.07) is 24.2. The number of alkyl carbamates (subject to hydrolysis) is 1. The van der Waals surface area contributed by atoms with E-state index in [-0.39, 0.29) is 19.1 Å². The van der Waals surface area contributed by atoms with Crippen molar-refractivity contribution in [3.05, 3.63) is 95.6 Å². The Hall–Kier alpha value is -4.17. The molecule has 0 saturated heterocycles. The highest BCUT2D eigenvalue weighted by Crippen LogP contribution is 2.44. The zero-order valence-electron chi connectivity index (χ0n) is 19.8. The fourth-order valence-corrected chi connectivity index (χ4v) is 4.33.